The summed E-state index contributed by atoms with van der Waals surface area (Å²) < 4.78 is 5.74. The SMILES string of the molecule is CCCCCOc1ccc(/C(O)=C2/C(=O)C(=O)N(CCCN(C)C)C2c2cccnc2)cc1. The molecule has 1 atom stereocenters. The lowest BCUT2D eigenvalue weighted by Gasteiger charge is -2.25. The van der Waals surface area contributed by atoms with Crippen LogP contribution in [0.1, 0.15) is 49.8 Å². The van der Waals surface area contributed by atoms with Gasteiger partial charge in [-0.1, -0.05) is 25.8 Å². The fourth-order valence-corrected chi connectivity index (χ4v) is 3.96. The summed E-state index contributed by atoms with van der Waals surface area (Å²) in [5.41, 5.74) is 1.25. The van der Waals surface area contributed by atoms with Gasteiger partial charge >= 0.3 is 0 Å². The number of hydrogen-bond donors (Lipinski definition) is 1. The van der Waals surface area contributed by atoms with E-state index >= 15 is 0 Å². The summed E-state index contributed by atoms with van der Waals surface area (Å²) in [6.45, 7) is 3.96. The number of rotatable bonds is 11. The van der Waals surface area contributed by atoms with Gasteiger partial charge in [0.25, 0.3) is 11.7 Å². The second-order valence-corrected chi connectivity index (χ2v) is 8.52. The molecule has 1 aromatic heterocycles. The average Bonchev–Trinajstić information content (AvgIpc) is 3.07. The molecule has 1 unspecified atom stereocenters. The summed E-state index contributed by atoms with van der Waals surface area (Å²) in [5, 5.41) is 11.1. The average molecular weight is 452 g/mol. The lowest BCUT2D eigenvalue weighted by Crippen LogP contribution is -2.32. The molecule has 0 saturated carbocycles. The Morgan fingerprint density at radius 1 is 1.12 bits per heavy atom. The van der Waals surface area contributed by atoms with Crippen LogP contribution in [-0.2, 0) is 9.59 Å². The Kier molecular flexibility index (Phi) is 8.60. The lowest BCUT2D eigenvalue weighted by atomic mass is 9.96. The summed E-state index contributed by atoms with van der Waals surface area (Å²) in [5.74, 6) is -0.753. The molecule has 3 rings (SSSR count). The van der Waals surface area contributed by atoms with E-state index in [4.69, 9.17) is 4.74 Å². The Hall–Kier alpha value is -3.19. The molecule has 1 N–H and O–H groups in total. The summed E-state index contributed by atoms with van der Waals surface area (Å²) in [6, 6.07) is 9.88. The first-order chi connectivity index (χ1) is 15.9. The molecule has 176 valence electrons. The van der Waals surface area contributed by atoms with E-state index in [1.54, 1.807) is 47.6 Å². The van der Waals surface area contributed by atoms with Gasteiger partial charge in [-0.2, -0.15) is 0 Å². The van der Waals surface area contributed by atoms with E-state index in [0.717, 1.165) is 25.8 Å². The van der Waals surface area contributed by atoms with Crippen LogP contribution in [0.25, 0.3) is 5.76 Å². The van der Waals surface area contributed by atoms with E-state index in [2.05, 4.69) is 11.9 Å². The molecule has 0 radical (unpaired) electrons. The zero-order valence-electron chi connectivity index (χ0n) is 19.7. The third-order valence-corrected chi connectivity index (χ3v) is 5.69. The van der Waals surface area contributed by atoms with Gasteiger partial charge in [-0.3, -0.25) is 14.6 Å². The second kappa shape index (κ2) is 11.6. The Bertz CT molecular complexity index is 971. The van der Waals surface area contributed by atoms with Crippen LogP contribution in [0, 0.1) is 0 Å². The van der Waals surface area contributed by atoms with Crippen LogP contribution in [-0.4, -0.2) is 65.4 Å². The van der Waals surface area contributed by atoms with Gasteiger partial charge in [0.05, 0.1) is 18.2 Å². The minimum Gasteiger partial charge on any atom is -0.507 e. The molecule has 0 aliphatic carbocycles. The van der Waals surface area contributed by atoms with E-state index in [1.165, 1.54) is 0 Å². The van der Waals surface area contributed by atoms with Crippen molar-refractivity contribution >= 4 is 17.4 Å². The minimum atomic E-state index is -0.675. The van der Waals surface area contributed by atoms with Crippen molar-refractivity contribution in [3.05, 3.63) is 65.5 Å². The summed E-state index contributed by atoms with van der Waals surface area (Å²) in [4.78, 5) is 33.7. The zero-order chi connectivity index (χ0) is 23.8. The molecule has 2 aromatic rings. The highest BCUT2D eigenvalue weighted by Crippen LogP contribution is 2.39. The number of amides is 1. The summed E-state index contributed by atoms with van der Waals surface area (Å²) >= 11 is 0. The number of hydrogen-bond acceptors (Lipinski definition) is 6. The van der Waals surface area contributed by atoms with Crippen LogP contribution < -0.4 is 4.74 Å². The lowest BCUT2D eigenvalue weighted by molar-refractivity contribution is -0.139. The summed E-state index contributed by atoms with van der Waals surface area (Å²) in [6.07, 6.45) is 7.21. The highest BCUT2D eigenvalue weighted by molar-refractivity contribution is 6.46. The number of pyridine rings is 1. The van der Waals surface area contributed by atoms with Crippen molar-refractivity contribution in [1.82, 2.24) is 14.8 Å². The first-order valence-electron chi connectivity index (χ1n) is 11.5. The number of aliphatic hydroxyl groups excluding tert-OH is 1. The number of nitrogens with zero attached hydrogens (tertiary/aromatic N) is 3. The van der Waals surface area contributed by atoms with Crippen molar-refractivity contribution in [3.8, 4) is 5.75 Å². The molecule has 7 heteroatoms. The van der Waals surface area contributed by atoms with Crippen molar-refractivity contribution < 1.29 is 19.4 Å². The number of Topliss-reactive ketones (excluding diaryl/α,β-unsaturated/α-hetero) is 1. The van der Waals surface area contributed by atoms with E-state index in [1.807, 2.05) is 25.1 Å². The van der Waals surface area contributed by atoms with Crippen LogP contribution in [0.4, 0.5) is 0 Å². The Labute approximate surface area is 195 Å². The number of carbonyl (C=O) groups excluding carboxylic acids is 2. The Morgan fingerprint density at radius 3 is 2.52 bits per heavy atom. The number of benzene rings is 1. The molecular formula is C26H33N3O4. The maximum absolute atomic E-state index is 13.0. The molecule has 2 heterocycles. The molecule has 1 fully saturated rings. The van der Waals surface area contributed by atoms with Gasteiger partial charge in [0, 0.05) is 24.5 Å². The first-order valence-corrected chi connectivity index (χ1v) is 11.5. The van der Waals surface area contributed by atoms with E-state index in [9.17, 15) is 14.7 Å². The number of likely N-dealkylation sites (tertiary alicyclic amines) is 1. The monoisotopic (exact) mass is 451 g/mol. The van der Waals surface area contributed by atoms with Gasteiger partial charge < -0.3 is 19.6 Å². The van der Waals surface area contributed by atoms with E-state index in [-0.39, 0.29) is 11.3 Å². The maximum Gasteiger partial charge on any atom is 0.295 e. The number of unbranched alkanes of at least 4 members (excludes halogenated alkanes) is 2. The first kappa shape index (κ1) is 24.5. The molecule has 1 aromatic carbocycles. The van der Waals surface area contributed by atoms with Gasteiger partial charge in [0.15, 0.2) is 0 Å². The van der Waals surface area contributed by atoms with Crippen molar-refractivity contribution in [1.29, 1.82) is 0 Å². The molecule has 0 spiro atoms. The second-order valence-electron chi connectivity index (χ2n) is 8.52. The van der Waals surface area contributed by atoms with Crippen LogP contribution in [0.15, 0.2) is 54.4 Å². The van der Waals surface area contributed by atoms with Crippen LogP contribution in [0.5, 0.6) is 5.75 Å². The highest BCUT2D eigenvalue weighted by atomic mass is 16.5. The molecule has 1 amide bonds. The Balaban J connectivity index is 1.90. The maximum atomic E-state index is 13.0. The van der Waals surface area contributed by atoms with E-state index in [0.29, 0.717) is 36.4 Å². The largest absolute Gasteiger partial charge is 0.507 e. The van der Waals surface area contributed by atoms with Crippen LogP contribution in [0.2, 0.25) is 0 Å². The number of ketones is 1. The molecular weight excluding hydrogens is 418 g/mol. The number of carbonyl (C=O) groups is 2. The predicted molar refractivity (Wildman–Crippen MR) is 128 cm³/mol. The summed E-state index contributed by atoms with van der Waals surface area (Å²) in [7, 11) is 3.92. The molecule has 1 saturated heterocycles. The van der Waals surface area contributed by atoms with Crippen molar-refractivity contribution in [2.75, 3.05) is 33.8 Å². The highest BCUT2D eigenvalue weighted by Gasteiger charge is 2.45. The van der Waals surface area contributed by atoms with Gasteiger partial charge in [-0.25, -0.2) is 0 Å². The zero-order valence-corrected chi connectivity index (χ0v) is 19.7. The number of ether oxygens (including phenoxy) is 1. The molecule has 0 bridgehead atoms. The van der Waals surface area contributed by atoms with Crippen LogP contribution >= 0.6 is 0 Å². The fourth-order valence-electron chi connectivity index (χ4n) is 3.96. The molecule has 1 aliphatic rings. The van der Waals surface area contributed by atoms with Gasteiger partial charge in [0.1, 0.15) is 11.5 Å². The van der Waals surface area contributed by atoms with Gasteiger partial charge in [0.2, 0.25) is 0 Å². The minimum absolute atomic E-state index is 0.0921. The van der Waals surface area contributed by atoms with E-state index < -0.39 is 17.7 Å². The van der Waals surface area contributed by atoms with Gasteiger partial charge in [-0.15, -0.1) is 0 Å². The van der Waals surface area contributed by atoms with Gasteiger partial charge in [-0.05, 0) is 69.4 Å². The quantitative estimate of drug-likeness (QED) is 0.240. The van der Waals surface area contributed by atoms with Crippen molar-refractivity contribution in [2.45, 2.75) is 38.6 Å². The number of aromatic nitrogens is 1. The molecule has 1 aliphatic heterocycles. The van der Waals surface area contributed by atoms with Crippen LogP contribution in [0.3, 0.4) is 0 Å². The third-order valence-electron chi connectivity index (χ3n) is 5.69. The normalized spacial score (nSPS) is 17.7. The smallest absolute Gasteiger partial charge is 0.295 e. The standard InChI is InChI=1S/C26H33N3O4/c1-4-5-6-17-33-21-12-10-19(11-13-21)24(30)22-23(20-9-7-14-27-18-20)29(26(32)25(22)31)16-8-15-28(2)3/h7,9-14,18,23,30H,4-6,8,15-17H2,1-3H3/b24-22-. The third kappa shape index (κ3) is 5.99. The Morgan fingerprint density at radius 2 is 1.88 bits per heavy atom. The van der Waals surface area contributed by atoms with Crippen molar-refractivity contribution in [3.63, 3.8) is 0 Å². The fraction of sp³-hybridized carbons (Fsp3) is 0.423. The predicted octanol–water partition coefficient (Wildman–Crippen LogP) is 4.02. The van der Waals surface area contributed by atoms with Crippen molar-refractivity contribution in [2.24, 2.45) is 0 Å². The molecule has 33 heavy (non-hydrogen) atoms. The number of aliphatic hydroxyl groups is 1. The topological polar surface area (TPSA) is 83.0 Å². The molecule has 7 nitrogen and oxygen atoms in total.